The van der Waals surface area contributed by atoms with Gasteiger partial charge in [0.2, 0.25) is 0 Å². The summed E-state index contributed by atoms with van der Waals surface area (Å²) in [5.41, 5.74) is 0. The van der Waals surface area contributed by atoms with Gasteiger partial charge in [0.1, 0.15) is 0 Å². The molecule has 11 heavy (non-hydrogen) atoms. The van der Waals surface area contributed by atoms with Crippen LogP contribution in [0.5, 0.6) is 0 Å². The average Bonchev–Trinajstić information content (AvgIpc) is 1.25. The molecule has 0 aliphatic carbocycles. The molecule has 0 bridgehead atoms. The molecule has 0 aromatic rings. The average molecular weight is 394 g/mol. The van der Waals surface area contributed by atoms with E-state index in [1.807, 2.05) is 0 Å². The van der Waals surface area contributed by atoms with Crippen molar-refractivity contribution in [3.63, 3.8) is 0 Å². The molecule has 0 radical (unpaired) electrons. The van der Waals surface area contributed by atoms with Crippen LogP contribution < -0.4 is 0 Å². The third kappa shape index (κ3) is 1290. The predicted octanol–water partition coefficient (Wildman–Crippen LogP) is -0.716. The van der Waals surface area contributed by atoms with E-state index in [4.69, 9.17) is 30.6 Å². The minimum absolute atomic E-state index is 0. The molecule has 0 amide bonds. The molecular weight excluding hydrogens is 394 g/mol. The van der Waals surface area contributed by atoms with Crippen molar-refractivity contribution in [3.8, 4) is 0 Å². The summed E-state index contributed by atoms with van der Waals surface area (Å²) < 4.78 is 0. The van der Waals surface area contributed by atoms with E-state index in [2.05, 4.69) is 0 Å². The van der Waals surface area contributed by atoms with Gasteiger partial charge >= 0.3 is 31.1 Å². The zero-order chi connectivity index (χ0) is 7.15. The zero-order valence-corrected chi connectivity index (χ0v) is 8.82. The van der Waals surface area contributed by atoms with Gasteiger partial charge in [0, 0.05) is 0 Å². The van der Waals surface area contributed by atoms with Gasteiger partial charge in [-0.05, 0) is 0 Å². The molecule has 0 saturated heterocycles. The summed E-state index contributed by atoms with van der Waals surface area (Å²) in [7, 11) is 0. The van der Waals surface area contributed by atoms with Crippen molar-refractivity contribution in [2.24, 2.45) is 0 Å². The Morgan fingerprint density at radius 1 is 0.727 bits per heavy atom. The molecule has 0 atom stereocenters. The maximum atomic E-state index is 8.25. The van der Waals surface area contributed by atoms with Crippen LogP contribution in [0.2, 0.25) is 0 Å². The van der Waals surface area contributed by atoms with E-state index < -0.39 is 10.2 Å². The van der Waals surface area contributed by atoms with E-state index >= 15 is 0 Å². The van der Waals surface area contributed by atoms with Crippen LogP contribution in [0.4, 0.5) is 0 Å². The summed E-state index contributed by atoms with van der Waals surface area (Å²) in [4.78, 5) is 16.5. The topological polar surface area (TPSA) is 189 Å². The summed E-state index contributed by atoms with van der Waals surface area (Å²) in [5.74, 6) is 0. The zero-order valence-electron chi connectivity index (χ0n) is 4.66. The number of nitrogens with zero attached hydrogens (tertiary/aromatic N) is 2. The molecule has 11 heteroatoms. The van der Waals surface area contributed by atoms with E-state index in [9.17, 15) is 0 Å². The van der Waals surface area contributed by atoms with Crippen LogP contribution in [-0.2, 0) is 11.0 Å². The molecule has 62 valence electrons. The molecule has 0 spiro atoms. The Bertz CT molecular complexity index is 70.1. The predicted molar refractivity (Wildman–Crippen MR) is 22.1 cm³/mol. The minimum Gasteiger partial charge on any atom is -2.00 e. The van der Waals surface area contributed by atoms with E-state index in [0.29, 0.717) is 0 Å². The van der Waals surface area contributed by atoms with Gasteiger partial charge in [0.05, 0.1) is 10.2 Å². The molecule has 0 heterocycles. The fourth-order valence-electron chi connectivity index (χ4n) is 0. The number of hydrogen-bond acceptors (Lipinski definition) is 6. The molecule has 0 unspecified atom stereocenters. The SMILES string of the molecule is O=[N+]([O-])[O-].O=[N+]([O-])[O-].[O-2].[O-2].[U+6]. The van der Waals surface area contributed by atoms with Crippen LogP contribution >= 0.6 is 0 Å². The molecular formula is N2O8U. The van der Waals surface area contributed by atoms with Crippen molar-refractivity contribution in [2.75, 3.05) is 0 Å². The first-order valence-electron chi connectivity index (χ1n) is 1.10. The van der Waals surface area contributed by atoms with Gasteiger partial charge in [-0.1, -0.05) is 0 Å². The Labute approximate surface area is 83.0 Å². The van der Waals surface area contributed by atoms with Crippen molar-refractivity contribution in [3.05, 3.63) is 30.6 Å². The van der Waals surface area contributed by atoms with Crippen LogP contribution in [0.3, 0.4) is 0 Å². The molecule has 0 N–H and O–H groups in total. The second-order valence-electron chi connectivity index (χ2n) is 0.447. The van der Waals surface area contributed by atoms with E-state index in [-0.39, 0.29) is 42.1 Å². The summed E-state index contributed by atoms with van der Waals surface area (Å²) in [6, 6.07) is 0. The first-order valence-corrected chi connectivity index (χ1v) is 1.10. The fourth-order valence-corrected chi connectivity index (χ4v) is 0. The third-order valence-corrected chi connectivity index (χ3v) is 0. The smallest absolute Gasteiger partial charge is 2.00 e. The van der Waals surface area contributed by atoms with Crippen LogP contribution in [0.15, 0.2) is 0 Å². The minimum atomic E-state index is -1.75. The van der Waals surface area contributed by atoms with Crippen LogP contribution in [0.1, 0.15) is 0 Å². The molecule has 0 aromatic heterocycles. The molecule has 0 aliphatic rings. The molecule has 10 nitrogen and oxygen atoms in total. The van der Waals surface area contributed by atoms with E-state index in [1.54, 1.807) is 0 Å². The third-order valence-electron chi connectivity index (χ3n) is 0. The summed E-state index contributed by atoms with van der Waals surface area (Å²) in [6.07, 6.45) is 0. The number of rotatable bonds is 0. The summed E-state index contributed by atoms with van der Waals surface area (Å²) in [5, 5.41) is 29.5. The maximum Gasteiger partial charge on any atom is 6.00 e. The van der Waals surface area contributed by atoms with Crippen molar-refractivity contribution in [2.45, 2.75) is 0 Å². The Kier molecular flexibility index (Phi) is 65.3. The van der Waals surface area contributed by atoms with Gasteiger partial charge in [-0.2, -0.15) is 0 Å². The van der Waals surface area contributed by atoms with Crippen molar-refractivity contribution in [1.29, 1.82) is 0 Å². The normalized spacial score (nSPS) is 4.36. The summed E-state index contributed by atoms with van der Waals surface area (Å²) >= 11 is 0. The molecule has 0 saturated carbocycles. The summed E-state index contributed by atoms with van der Waals surface area (Å²) in [6.45, 7) is 0. The van der Waals surface area contributed by atoms with Gasteiger partial charge in [0.25, 0.3) is 0 Å². The molecule has 0 fully saturated rings. The van der Waals surface area contributed by atoms with Gasteiger partial charge in [0.15, 0.2) is 0 Å². The molecule has 0 rings (SSSR count). The van der Waals surface area contributed by atoms with Crippen molar-refractivity contribution in [1.82, 2.24) is 0 Å². The van der Waals surface area contributed by atoms with Gasteiger partial charge in [-0.3, -0.25) is 0 Å². The Balaban J connectivity index is -0.0000000171. The first-order chi connectivity index (χ1) is 3.46. The van der Waals surface area contributed by atoms with Gasteiger partial charge in [-0.15, -0.1) is 0 Å². The Morgan fingerprint density at radius 2 is 0.727 bits per heavy atom. The van der Waals surface area contributed by atoms with Gasteiger partial charge in [-0.25, -0.2) is 0 Å². The second kappa shape index (κ2) is 22.8. The molecule has 0 aromatic carbocycles. The Morgan fingerprint density at radius 3 is 0.727 bits per heavy atom. The second-order valence-corrected chi connectivity index (χ2v) is 0.447. The quantitative estimate of drug-likeness (QED) is 0.385. The fraction of sp³-hybridized carbons (Fsp3) is 0. The first kappa shape index (κ1) is 31.6. The van der Waals surface area contributed by atoms with E-state index in [1.165, 1.54) is 0 Å². The monoisotopic (exact) mass is 394 g/mol. The largest absolute Gasteiger partial charge is 6.00 e. The molecule has 0 aliphatic heterocycles. The maximum absolute atomic E-state index is 8.25. The van der Waals surface area contributed by atoms with Crippen LogP contribution in [0, 0.1) is 61.8 Å². The van der Waals surface area contributed by atoms with E-state index in [0.717, 1.165) is 0 Å². The standard InChI is InChI=1S/2NO3.2O.U/c2*2-1(3)4;;;/q2*-1;2*-2;+6. The van der Waals surface area contributed by atoms with Crippen molar-refractivity contribution >= 4 is 0 Å². The van der Waals surface area contributed by atoms with Crippen LogP contribution in [0.25, 0.3) is 0 Å². The van der Waals surface area contributed by atoms with Crippen LogP contribution in [-0.4, -0.2) is 10.2 Å². The van der Waals surface area contributed by atoms with Gasteiger partial charge < -0.3 is 41.6 Å². The number of hydrogen-bond donors (Lipinski definition) is 0. The Hall–Kier alpha value is -0.628. The van der Waals surface area contributed by atoms with Crippen molar-refractivity contribution < 1.29 is 52.2 Å².